The van der Waals surface area contributed by atoms with Crippen molar-refractivity contribution in [1.82, 2.24) is 10.3 Å². The third kappa shape index (κ3) is 8.58. The smallest absolute Gasteiger partial charge is 0.272 e. The number of benzene rings is 3. The highest BCUT2D eigenvalue weighted by atomic mass is 35.5. The van der Waals surface area contributed by atoms with E-state index in [1.807, 2.05) is 6.07 Å². The average Bonchev–Trinajstić information content (AvgIpc) is 2.96. The Bertz CT molecular complexity index is 1600. The molecule has 7 nitrogen and oxygen atoms in total. The first-order valence-corrected chi connectivity index (χ1v) is 14.2. The standard InChI is InChI=1S/C30H23Cl3N4O3S/c1-18(28(38)37-26-14-13-21(31)17-34-26)41-23-11-6-10-22(16-23)35-30(40)25(15-20-9-5-12-24(32)27(20)33)36-29(39)19-7-3-2-4-8-19/h2-18H,1H3,(H,35,40)(H,36,39)(H,34,37,38)/b25-15+. The molecule has 0 saturated heterocycles. The zero-order valence-electron chi connectivity index (χ0n) is 21.5. The van der Waals surface area contributed by atoms with Gasteiger partial charge in [0.05, 0.1) is 20.3 Å². The fourth-order valence-corrected chi connectivity index (χ4v) is 4.91. The van der Waals surface area contributed by atoms with Crippen LogP contribution in [-0.4, -0.2) is 28.0 Å². The number of nitrogens with zero attached hydrogens (tertiary/aromatic N) is 1. The number of carbonyl (C=O) groups excluding carboxylic acids is 3. The Hall–Kier alpha value is -3.82. The van der Waals surface area contributed by atoms with Gasteiger partial charge in [-0.05, 0) is 67.1 Å². The fourth-order valence-electron chi connectivity index (χ4n) is 3.51. The van der Waals surface area contributed by atoms with Crippen LogP contribution < -0.4 is 16.0 Å². The summed E-state index contributed by atoms with van der Waals surface area (Å²) in [6.07, 6.45) is 2.91. The van der Waals surface area contributed by atoms with Gasteiger partial charge in [0.15, 0.2) is 0 Å². The predicted molar refractivity (Wildman–Crippen MR) is 167 cm³/mol. The number of rotatable bonds is 9. The van der Waals surface area contributed by atoms with E-state index >= 15 is 0 Å². The van der Waals surface area contributed by atoms with Gasteiger partial charge in [-0.2, -0.15) is 0 Å². The van der Waals surface area contributed by atoms with Crippen molar-refractivity contribution in [3.8, 4) is 0 Å². The third-order valence-corrected chi connectivity index (χ3v) is 7.71. The van der Waals surface area contributed by atoms with E-state index in [-0.39, 0.29) is 16.6 Å². The second-order valence-electron chi connectivity index (χ2n) is 8.61. The number of thioether (sulfide) groups is 1. The minimum atomic E-state index is -0.577. The zero-order valence-corrected chi connectivity index (χ0v) is 24.6. The minimum Gasteiger partial charge on any atom is -0.321 e. The second kappa shape index (κ2) is 14.2. The Kier molecular flexibility index (Phi) is 10.4. The second-order valence-corrected chi connectivity index (χ2v) is 11.2. The summed E-state index contributed by atoms with van der Waals surface area (Å²) in [6, 6.07) is 23.8. The fraction of sp³-hybridized carbons (Fsp3) is 0.0667. The van der Waals surface area contributed by atoms with Gasteiger partial charge in [0.2, 0.25) is 5.91 Å². The molecular formula is C30H23Cl3N4O3S. The Balaban J connectivity index is 1.50. The third-order valence-electron chi connectivity index (χ3n) is 5.56. The summed E-state index contributed by atoms with van der Waals surface area (Å²) in [5.41, 5.74) is 1.26. The molecular weight excluding hydrogens is 603 g/mol. The van der Waals surface area contributed by atoms with E-state index in [1.165, 1.54) is 24.0 Å². The van der Waals surface area contributed by atoms with Crippen molar-refractivity contribution in [2.24, 2.45) is 0 Å². The van der Waals surface area contributed by atoms with Crippen molar-refractivity contribution < 1.29 is 14.4 Å². The highest BCUT2D eigenvalue weighted by molar-refractivity contribution is 8.00. The van der Waals surface area contributed by atoms with Gasteiger partial charge in [0.25, 0.3) is 11.8 Å². The van der Waals surface area contributed by atoms with Crippen molar-refractivity contribution in [2.75, 3.05) is 10.6 Å². The lowest BCUT2D eigenvalue weighted by Gasteiger charge is -2.14. The normalized spacial score (nSPS) is 11.9. The van der Waals surface area contributed by atoms with Crippen LogP contribution in [0.5, 0.6) is 0 Å². The Morgan fingerprint density at radius 3 is 2.37 bits per heavy atom. The molecule has 11 heteroatoms. The summed E-state index contributed by atoms with van der Waals surface area (Å²) in [5, 5.41) is 8.78. The molecule has 0 aliphatic heterocycles. The van der Waals surface area contributed by atoms with Crippen LogP contribution in [0.3, 0.4) is 0 Å². The minimum absolute atomic E-state index is 0.0377. The van der Waals surface area contributed by atoms with Crippen LogP contribution in [0.25, 0.3) is 6.08 Å². The first kappa shape index (κ1) is 30.1. The zero-order chi connectivity index (χ0) is 29.4. The summed E-state index contributed by atoms with van der Waals surface area (Å²) in [7, 11) is 0. The summed E-state index contributed by atoms with van der Waals surface area (Å²) in [4.78, 5) is 43.8. The van der Waals surface area contributed by atoms with Crippen LogP contribution >= 0.6 is 46.6 Å². The molecule has 0 radical (unpaired) electrons. The Morgan fingerprint density at radius 2 is 1.63 bits per heavy atom. The van der Waals surface area contributed by atoms with Crippen molar-refractivity contribution in [1.29, 1.82) is 0 Å². The number of pyridine rings is 1. The van der Waals surface area contributed by atoms with E-state index in [1.54, 1.807) is 85.8 Å². The largest absolute Gasteiger partial charge is 0.321 e. The van der Waals surface area contributed by atoms with E-state index in [2.05, 4.69) is 20.9 Å². The number of anilines is 2. The van der Waals surface area contributed by atoms with Crippen LogP contribution in [0, 0.1) is 0 Å². The Morgan fingerprint density at radius 1 is 0.878 bits per heavy atom. The number of aromatic nitrogens is 1. The van der Waals surface area contributed by atoms with E-state index in [0.717, 1.165) is 4.90 Å². The number of hydrogen-bond acceptors (Lipinski definition) is 5. The maximum Gasteiger partial charge on any atom is 0.272 e. The quantitative estimate of drug-likeness (QED) is 0.132. The SMILES string of the molecule is CC(Sc1cccc(NC(=O)/C(=C\c2cccc(Cl)c2Cl)NC(=O)c2ccccc2)c1)C(=O)Nc1ccc(Cl)cn1. The van der Waals surface area contributed by atoms with Crippen molar-refractivity contribution in [3.63, 3.8) is 0 Å². The van der Waals surface area contributed by atoms with E-state index in [0.29, 0.717) is 32.7 Å². The number of carbonyl (C=O) groups is 3. The van der Waals surface area contributed by atoms with Gasteiger partial charge in [-0.3, -0.25) is 14.4 Å². The molecule has 1 unspecified atom stereocenters. The molecule has 3 amide bonds. The molecule has 0 bridgehead atoms. The monoisotopic (exact) mass is 624 g/mol. The van der Waals surface area contributed by atoms with Crippen LogP contribution in [-0.2, 0) is 9.59 Å². The number of hydrogen-bond donors (Lipinski definition) is 3. The first-order chi connectivity index (χ1) is 19.7. The summed E-state index contributed by atoms with van der Waals surface area (Å²) in [6.45, 7) is 1.76. The van der Waals surface area contributed by atoms with E-state index in [4.69, 9.17) is 34.8 Å². The molecule has 1 aromatic heterocycles. The lowest BCUT2D eigenvalue weighted by molar-refractivity contribution is -0.115. The maximum absolute atomic E-state index is 13.4. The predicted octanol–water partition coefficient (Wildman–Crippen LogP) is 7.57. The van der Waals surface area contributed by atoms with Crippen molar-refractivity contribution >= 4 is 81.9 Å². The van der Waals surface area contributed by atoms with Gasteiger partial charge in [-0.25, -0.2) is 4.98 Å². The first-order valence-electron chi connectivity index (χ1n) is 12.2. The molecule has 208 valence electrons. The van der Waals surface area contributed by atoms with E-state index in [9.17, 15) is 14.4 Å². The molecule has 0 aliphatic carbocycles. The van der Waals surface area contributed by atoms with Gasteiger partial charge in [-0.1, -0.05) is 71.2 Å². The molecule has 41 heavy (non-hydrogen) atoms. The Labute approximate surface area is 256 Å². The van der Waals surface area contributed by atoms with Crippen LogP contribution in [0.1, 0.15) is 22.8 Å². The lowest BCUT2D eigenvalue weighted by atomic mass is 10.1. The average molecular weight is 626 g/mol. The van der Waals surface area contributed by atoms with Gasteiger partial charge in [0.1, 0.15) is 11.5 Å². The van der Waals surface area contributed by atoms with Crippen LogP contribution in [0.2, 0.25) is 15.1 Å². The molecule has 1 atom stereocenters. The van der Waals surface area contributed by atoms with Crippen LogP contribution in [0.15, 0.2) is 102 Å². The van der Waals surface area contributed by atoms with Gasteiger partial charge >= 0.3 is 0 Å². The molecule has 1 heterocycles. The van der Waals surface area contributed by atoms with E-state index < -0.39 is 17.1 Å². The number of halogens is 3. The summed E-state index contributed by atoms with van der Waals surface area (Å²) >= 11 is 19.6. The molecule has 3 N–H and O–H groups in total. The lowest BCUT2D eigenvalue weighted by Crippen LogP contribution is -2.30. The van der Waals surface area contributed by atoms with Gasteiger partial charge < -0.3 is 16.0 Å². The highest BCUT2D eigenvalue weighted by Gasteiger charge is 2.18. The topological polar surface area (TPSA) is 100 Å². The number of amides is 3. The number of nitrogens with one attached hydrogen (secondary N) is 3. The van der Waals surface area contributed by atoms with Crippen molar-refractivity contribution in [3.05, 3.63) is 123 Å². The van der Waals surface area contributed by atoms with Crippen LogP contribution in [0.4, 0.5) is 11.5 Å². The molecule has 0 spiro atoms. The molecule has 0 fully saturated rings. The molecule has 3 aromatic carbocycles. The maximum atomic E-state index is 13.4. The highest BCUT2D eigenvalue weighted by Crippen LogP contribution is 2.29. The molecule has 0 saturated carbocycles. The molecule has 4 aromatic rings. The molecule has 0 aliphatic rings. The van der Waals surface area contributed by atoms with Gasteiger partial charge in [0, 0.05) is 22.3 Å². The van der Waals surface area contributed by atoms with Gasteiger partial charge in [-0.15, -0.1) is 11.8 Å². The summed E-state index contributed by atoms with van der Waals surface area (Å²) in [5.74, 6) is -0.896. The summed E-state index contributed by atoms with van der Waals surface area (Å²) < 4.78 is 0. The molecule has 4 rings (SSSR count). The van der Waals surface area contributed by atoms with Crippen molar-refractivity contribution in [2.45, 2.75) is 17.1 Å².